The van der Waals surface area contributed by atoms with E-state index >= 15 is 0 Å². The monoisotopic (exact) mass is 245 g/mol. The molecule has 1 unspecified atom stereocenters. The van der Waals surface area contributed by atoms with Crippen molar-refractivity contribution in [2.45, 2.75) is 38.4 Å². The molecule has 0 bridgehead atoms. The molecule has 0 amide bonds. The quantitative estimate of drug-likeness (QED) is 0.885. The van der Waals surface area contributed by atoms with Crippen molar-refractivity contribution in [1.82, 2.24) is 9.97 Å². The van der Waals surface area contributed by atoms with Gasteiger partial charge in [-0.25, -0.2) is 9.97 Å². The molecule has 0 aromatic carbocycles. The largest absolute Gasteiger partial charge is 0.433 e. The average molecular weight is 245 g/mol. The van der Waals surface area contributed by atoms with Crippen LogP contribution in [0, 0.1) is 5.92 Å². The SMILES string of the molecule is CC(CC1CC1)Nc1nccc(C(F)(F)F)n1. The molecule has 6 heteroatoms. The molecule has 1 aliphatic rings. The first-order valence-corrected chi connectivity index (χ1v) is 5.62. The van der Waals surface area contributed by atoms with Gasteiger partial charge in [0.05, 0.1) is 0 Å². The highest BCUT2D eigenvalue weighted by Gasteiger charge is 2.33. The Morgan fingerprint density at radius 2 is 2.18 bits per heavy atom. The second-order valence-electron chi connectivity index (χ2n) is 4.49. The van der Waals surface area contributed by atoms with Gasteiger partial charge < -0.3 is 5.32 Å². The zero-order chi connectivity index (χ0) is 12.5. The predicted octanol–water partition coefficient (Wildman–Crippen LogP) is 3.10. The topological polar surface area (TPSA) is 37.8 Å². The van der Waals surface area contributed by atoms with E-state index in [4.69, 9.17) is 0 Å². The maximum absolute atomic E-state index is 12.4. The van der Waals surface area contributed by atoms with Gasteiger partial charge in [-0.1, -0.05) is 12.8 Å². The highest BCUT2D eigenvalue weighted by atomic mass is 19.4. The van der Waals surface area contributed by atoms with Crippen molar-refractivity contribution < 1.29 is 13.2 Å². The lowest BCUT2D eigenvalue weighted by Crippen LogP contribution is -2.19. The first-order valence-electron chi connectivity index (χ1n) is 5.62. The van der Waals surface area contributed by atoms with Crippen LogP contribution in [0.15, 0.2) is 12.3 Å². The van der Waals surface area contributed by atoms with Gasteiger partial charge in [0.1, 0.15) is 5.69 Å². The second kappa shape index (κ2) is 4.50. The zero-order valence-electron chi connectivity index (χ0n) is 9.46. The van der Waals surface area contributed by atoms with Crippen LogP contribution in [0.25, 0.3) is 0 Å². The van der Waals surface area contributed by atoms with Crippen LogP contribution in [0.1, 0.15) is 31.9 Å². The number of alkyl halides is 3. The first kappa shape index (κ1) is 12.1. The molecule has 1 atom stereocenters. The normalized spacial score (nSPS) is 17.9. The molecule has 0 saturated heterocycles. The van der Waals surface area contributed by atoms with Gasteiger partial charge in [-0.15, -0.1) is 0 Å². The molecule has 1 heterocycles. The maximum Gasteiger partial charge on any atom is 0.433 e. The van der Waals surface area contributed by atoms with Crippen molar-refractivity contribution in [1.29, 1.82) is 0 Å². The highest BCUT2D eigenvalue weighted by Crippen LogP contribution is 2.34. The van der Waals surface area contributed by atoms with Crippen molar-refractivity contribution >= 4 is 5.95 Å². The summed E-state index contributed by atoms with van der Waals surface area (Å²) in [5.41, 5.74) is -0.909. The van der Waals surface area contributed by atoms with Gasteiger partial charge >= 0.3 is 6.18 Å². The van der Waals surface area contributed by atoms with Crippen LogP contribution >= 0.6 is 0 Å². The summed E-state index contributed by atoms with van der Waals surface area (Å²) in [6, 6.07) is 0.975. The molecule has 2 rings (SSSR count). The van der Waals surface area contributed by atoms with E-state index in [2.05, 4.69) is 15.3 Å². The molecule has 1 saturated carbocycles. The minimum Gasteiger partial charge on any atom is -0.352 e. The van der Waals surface area contributed by atoms with E-state index in [1.54, 1.807) is 0 Å². The number of halogens is 3. The fourth-order valence-corrected chi connectivity index (χ4v) is 1.72. The lowest BCUT2D eigenvalue weighted by molar-refractivity contribution is -0.141. The van der Waals surface area contributed by atoms with Gasteiger partial charge in [-0.05, 0) is 25.3 Å². The van der Waals surface area contributed by atoms with Crippen LogP contribution in [0.5, 0.6) is 0 Å². The Morgan fingerprint density at radius 3 is 2.76 bits per heavy atom. The van der Waals surface area contributed by atoms with Crippen LogP contribution in [0.3, 0.4) is 0 Å². The molecule has 1 aromatic rings. The Hall–Kier alpha value is -1.33. The molecule has 1 aliphatic carbocycles. The Bertz CT molecular complexity index is 388. The number of nitrogens with zero attached hydrogens (tertiary/aromatic N) is 2. The smallest absolute Gasteiger partial charge is 0.352 e. The second-order valence-corrected chi connectivity index (χ2v) is 4.49. The Kier molecular flexibility index (Phi) is 3.22. The van der Waals surface area contributed by atoms with E-state index < -0.39 is 11.9 Å². The van der Waals surface area contributed by atoms with E-state index in [-0.39, 0.29) is 12.0 Å². The molecular formula is C11H14F3N3. The molecule has 0 spiro atoms. The standard InChI is InChI=1S/C11H14F3N3/c1-7(6-8-2-3-8)16-10-15-5-4-9(17-10)11(12,13)14/h4-5,7-8H,2-3,6H2,1H3,(H,15,16,17). The summed E-state index contributed by atoms with van der Waals surface area (Å²) >= 11 is 0. The van der Waals surface area contributed by atoms with Crippen molar-refractivity contribution in [3.63, 3.8) is 0 Å². The van der Waals surface area contributed by atoms with E-state index in [9.17, 15) is 13.2 Å². The molecule has 94 valence electrons. The third kappa shape index (κ3) is 3.57. The Balaban J connectivity index is 2.00. The molecular weight excluding hydrogens is 231 g/mol. The number of rotatable bonds is 4. The summed E-state index contributed by atoms with van der Waals surface area (Å²) < 4.78 is 37.2. The van der Waals surface area contributed by atoms with Crippen molar-refractivity contribution in [3.8, 4) is 0 Å². The van der Waals surface area contributed by atoms with Gasteiger partial charge in [-0.3, -0.25) is 0 Å². The van der Waals surface area contributed by atoms with Crippen molar-refractivity contribution in [2.75, 3.05) is 5.32 Å². The van der Waals surface area contributed by atoms with Gasteiger partial charge in [0.2, 0.25) is 5.95 Å². The molecule has 1 fully saturated rings. The van der Waals surface area contributed by atoms with Crippen molar-refractivity contribution in [3.05, 3.63) is 18.0 Å². The number of hydrogen-bond acceptors (Lipinski definition) is 3. The zero-order valence-corrected chi connectivity index (χ0v) is 9.46. The summed E-state index contributed by atoms with van der Waals surface area (Å²) in [6.45, 7) is 1.93. The number of hydrogen-bond donors (Lipinski definition) is 1. The predicted molar refractivity (Wildman–Crippen MR) is 57.5 cm³/mol. The van der Waals surface area contributed by atoms with Gasteiger partial charge in [0.25, 0.3) is 0 Å². The van der Waals surface area contributed by atoms with Crippen LogP contribution in [-0.2, 0) is 6.18 Å². The Labute approximate surface area is 97.5 Å². The fourth-order valence-electron chi connectivity index (χ4n) is 1.72. The average Bonchev–Trinajstić information content (AvgIpc) is 3.00. The van der Waals surface area contributed by atoms with Crippen LogP contribution < -0.4 is 5.32 Å². The summed E-state index contributed by atoms with van der Waals surface area (Å²) in [7, 11) is 0. The van der Waals surface area contributed by atoms with Crippen LogP contribution in [0.2, 0.25) is 0 Å². The lowest BCUT2D eigenvalue weighted by atomic mass is 10.2. The minimum atomic E-state index is -4.42. The third-order valence-electron chi connectivity index (χ3n) is 2.71. The number of nitrogens with one attached hydrogen (secondary N) is 1. The van der Waals surface area contributed by atoms with Gasteiger partial charge in [-0.2, -0.15) is 13.2 Å². The molecule has 1 aromatic heterocycles. The van der Waals surface area contributed by atoms with Crippen molar-refractivity contribution in [2.24, 2.45) is 5.92 Å². The van der Waals surface area contributed by atoms with E-state index in [0.29, 0.717) is 5.92 Å². The summed E-state index contributed by atoms with van der Waals surface area (Å²) in [5.74, 6) is 0.760. The molecule has 17 heavy (non-hydrogen) atoms. The maximum atomic E-state index is 12.4. The highest BCUT2D eigenvalue weighted by molar-refractivity contribution is 5.27. The van der Waals surface area contributed by atoms with Crippen LogP contribution in [0.4, 0.5) is 19.1 Å². The van der Waals surface area contributed by atoms with E-state index in [0.717, 1.165) is 18.7 Å². The molecule has 1 N–H and O–H groups in total. The third-order valence-corrected chi connectivity index (χ3v) is 2.71. The molecule has 3 nitrogen and oxygen atoms in total. The molecule has 0 radical (unpaired) electrons. The summed E-state index contributed by atoms with van der Waals surface area (Å²) in [5, 5.41) is 2.90. The number of anilines is 1. The summed E-state index contributed by atoms with van der Waals surface area (Å²) in [4.78, 5) is 7.26. The minimum absolute atomic E-state index is 0.0491. The van der Waals surface area contributed by atoms with E-state index in [1.165, 1.54) is 12.8 Å². The van der Waals surface area contributed by atoms with Gasteiger partial charge in [0.15, 0.2) is 0 Å². The van der Waals surface area contributed by atoms with Gasteiger partial charge in [0, 0.05) is 12.2 Å². The fraction of sp³-hybridized carbons (Fsp3) is 0.636. The first-order chi connectivity index (χ1) is 7.95. The summed E-state index contributed by atoms with van der Waals surface area (Å²) in [6.07, 6.45) is 0.103. The van der Waals surface area contributed by atoms with E-state index in [1.807, 2.05) is 6.92 Å². The molecule has 0 aliphatic heterocycles. The van der Waals surface area contributed by atoms with Crippen LogP contribution in [-0.4, -0.2) is 16.0 Å². The lowest BCUT2D eigenvalue weighted by Gasteiger charge is -2.14. The number of aromatic nitrogens is 2. The Morgan fingerprint density at radius 1 is 1.47 bits per heavy atom.